The Morgan fingerprint density at radius 1 is 1.39 bits per heavy atom. The van der Waals surface area contributed by atoms with Gasteiger partial charge in [-0.05, 0) is 40.0 Å². The van der Waals surface area contributed by atoms with Crippen molar-refractivity contribution in [3.05, 3.63) is 0 Å². The molecule has 0 aromatic rings. The molecule has 0 saturated carbocycles. The van der Waals surface area contributed by atoms with Gasteiger partial charge in [-0.15, -0.1) is 0 Å². The number of amides is 2. The molecule has 0 aliphatic heterocycles. The SMILES string of the molecule is CC(C)(C)OC(=O)NCCCCC(CO)NC=O. The van der Waals surface area contributed by atoms with Crippen LogP contribution < -0.4 is 10.6 Å². The maximum atomic E-state index is 11.3. The first-order valence-corrected chi connectivity index (χ1v) is 6.16. The van der Waals surface area contributed by atoms with E-state index in [0.717, 1.165) is 12.8 Å². The van der Waals surface area contributed by atoms with Gasteiger partial charge in [0.1, 0.15) is 5.60 Å². The number of carbonyl (C=O) groups is 2. The van der Waals surface area contributed by atoms with E-state index in [-0.39, 0.29) is 12.6 Å². The predicted octanol–water partition coefficient (Wildman–Crippen LogP) is 0.788. The van der Waals surface area contributed by atoms with Crippen molar-refractivity contribution in [3.8, 4) is 0 Å². The third-order valence-electron chi connectivity index (χ3n) is 2.17. The van der Waals surface area contributed by atoms with E-state index in [0.29, 0.717) is 19.4 Å². The van der Waals surface area contributed by atoms with Gasteiger partial charge in [-0.1, -0.05) is 0 Å². The van der Waals surface area contributed by atoms with Crippen LogP contribution in [0.15, 0.2) is 0 Å². The molecule has 0 aromatic carbocycles. The van der Waals surface area contributed by atoms with Gasteiger partial charge in [-0.25, -0.2) is 4.79 Å². The molecular formula is C12H24N2O4. The highest BCUT2D eigenvalue weighted by Gasteiger charge is 2.15. The normalized spacial score (nSPS) is 12.7. The van der Waals surface area contributed by atoms with E-state index in [9.17, 15) is 9.59 Å². The number of unbranched alkanes of at least 4 members (excludes halogenated alkanes) is 1. The minimum Gasteiger partial charge on any atom is -0.444 e. The highest BCUT2D eigenvalue weighted by Crippen LogP contribution is 2.06. The average molecular weight is 260 g/mol. The van der Waals surface area contributed by atoms with E-state index in [1.165, 1.54) is 0 Å². The first kappa shape index (κ1) is 16.7. The third kappa shape index (κ3) is 9.89. The van der Waals surface area contributed by atoms with Gasteiger partial charge in [-0.3, -0.25) is 4.79 Å². The van der Waals surface area contributed by atoms with Gasteiger partial charge < -0.3 is 20.5 Å². The second kappa shape index (κ2) is 8.74. The first-order chi connectivity index (χ1) is 8.39. The number of aliphatic hydroxyl groups excluding tert-OH is 1. The number of aliphatic hydroxyl groups is 1. The fourth-order valence-electron chi connectivity index (χ4n) is 1.34. The quantitative estimate of drug-likeness (QED) is 0.445. The van der Waals surface area contributed by atoms with Crippen LogP contribution in [0.3, 0.4) is 0 Å². The highest BCUT2D eigenvalue weighted by molar-refractivity contribution is 5.67. The molecule has 0 aliphatic carbocycles. The van der Waals surface area contributed by atoms with E-state index >= 15 is 0 Å². The molecule has 1 atom stereocenters. The number of nitrogens with one attached hydrogen (secondary N) is 2. The van der Waals surface area contributed by atoms with Crippen molar-refractivity contribution >= 4 is 12.5 Å². The molecule has 0 spiro atoms. The van der Waals surface area contributed by atoms with Gasteiger partial charge in [0.15, 0.2) is 0 Å². The third-order valence-corrected chi connectivity index (χ3v) is 2.17. The number of carbonyl (C=O) groups excluding carboxylic acids is 2. The number of hydrogen-bond donors (Lipinski definition) is 3. The van der Waals surface area contributed by atoms with E-state index in [4.69, 9.17) is 9.84 Å². The summed E-state index contributed by atoms with van der Waals surface area (Å²) >= 11 is 0. The molecule has 0 aromatic heterocycles. The fourth-order valence-corrected chi connectivity index (χ4v) is 1.34. The molecule has 0 rings (SSSR count). The molecule has 2 amide bonds. The van der Waals surface area contributed by atoms with Crippen LogP contribution in [0.2, 0.25) is 0 Å². The predicted molar refractivity (Wildman–Crippen MR) is 68.2 cm³/mol. The summed E-state index contributed by atoms with van der Waals surface area (Å²) in [6.07, 6.45) is 2.43. The van der Waals surface area contributed by atoms with Crippen LogP contribution >= 0.6 is 0 Å². The van der Waals surface area contributed by atoms with Crippen LogP contribution in [-0.4, -0.2) is 42.4 Å². The molecule has 0 fully saturated rings. The fraction of sp³-hybridized carbons (Fsp3) is 0.833. The maximum Gasteiger partial charge on any atom is 0.407 e. The number of alkyl carbamates (subject to hydrolysis) is 1. The van der Waals surface area contributed by atoms with Gasteiger partial charge >= 0.3 is 6.09 Å². The van der Waals surface area contributed by atoms with Crippen molar-refractivity contribution in [2.45, 2.75) is 51.7 Å². The zero-order valence-corrected chi connectivity index (χ0v) is 11.4. The summed E-state index contributed by atoms with van der Waals surface area (Å²) < 4.78 is 5.08. The summed E-state index contributed by atoms with van der Waals surface area (Å²) in [6.45, 7) is 5.88. The Morgan fingerprint density at radius 2 is 2.06 bits per heavy atom. The minimum absolute atomic E-state index is 0.0712. The molecule has 0 bridgehead atoms. The maximum absolute atomic E-state index is 11.3. The van der Waals surface area contributed by atoms with Crippen molar-refractivity contribution in [2.75, 3.05) is 13.2 Å². The van der Waals surface area contributed by atoms with Crippen LogP contribution in [0.25, 0.3) is 0 Å². The van der Waals surface area contributed by atoms with Gasteiger partial charge in [-0.2, -0.15) is 0 Å². The van der Waals surface area contributed by atoms with Crippen LogP contribution in [-0.2, 0) is 9.53 Å². The molecule has 0 aliphatic rings. The van der Waals surface area contributed by atoms with Crippen molar-refractivity contribution in [2.24, 2.45) is 0 Å². The number of ether oxygens (including phenoxy) is 1. The van der Waals surface area contributed by atoms with Gasteiger partial charge in [0, 0.05) is 6.54 Å². The van der Waals surface area contributed by atoms with Crippen LogP contribution in [0.4, 0.5) is 4.79 Å². The molecule has 18 heavy (non-hydrogen) atoms. The van der Waals surface area contributed by atoms with Gasteiger partial charge in [0.05, 0.1) is 12.6 Å². The molecule has 6 nitrogen and oxygen atoms in total. The lowest BCUT2D eigenvalue weighted by Crippen LogP contribution is -2.33. The van der Waals surface area contributed by atoms with Crippen molar-refractivity contribution in [3.63, 3.8) is 0 Å². The zero-order valence-electron chi connectivity index (χ0n) is 11.4. The van der Waals surface area contributed by atoms with Crippen LogP contribution in [0.1, 0.15) is 40.0 Å². The van der Waals surface area contributed by atoms with E-state index in [1.54, 1.807) is 0 Å². The molecule has 6 heteroatoms. The van der Waals surface area contributed by atoms with Gasteiger partial charge in [0.2, 0.25) is 6.41 Å². The molecule has 1 unspecified atom stereocenters. The second-order valence-electron chi connectivity index (χ2n) is 5.09. The Kier molecular flexibility index (Phi) is 8.11. The lowest BCUT2D eigenvalue weighted by Gasteiger charge is -2.19. The number of rotatable bonds is 8. The Labute approximate surface area is 108 Å². The number of hydrogen-bond acceptors (Lipinski definition) is 4. The molecular weight excluding hydrogens is 236 g/mol. The van der Waals surface area contributed by atoms with Crippen molar-refractivity contribution in [1.82, 2.24) is 10.6 Å². The summed E-state index contributed by atoms with van der Waals surface area (Å²) in [5, 5.41) is 14.1. The van der Waals surface area contributed by atoms with E-state index in [1.807, 2.05) is 20.8 Å². The largest absolute Gasteiger partial charge is 0.444 e. The summed E-state index contributed by atoms with van der Waals surface area (Å²) in [7, 11) is 0. The molecule has 0 heterocycles. The van der Waals surface area contributed by atoms with E-state index < -0.39 is 11.7 Å². The monoisotopic (exact) mass is 260 g/mol. The van der Waals surface area contributed by atoms with Crippen molar-refractivity contribution in [1.29, 1.82) is 0 Å². The van der Waals surface area contributed by atoms with E-state index in [2.05, 4.69) is 10.6 Å². The highest BCUT2D eigenvalue weighted by atomic mass is 16.6. The smallest absolute Gasteiger partial charge is 0.407 e. The Balaban J connectivity index is 3.56. The molecule has 106 valence electrons. The molecule has 3 N–H and O–H groups in total. The second-order valence-corrected chi connectivity index (χ2v) is 5.09. The summed E-state index contributed by atoms with van der Waals surface area (Å²) in [4.78, 5) is 21.5. The van der Waals surface area contributed by atoms with Crippen molar-refractivity contribution < 1.29 is 19.4 Å². The Morgan fingerprint density at radius 3 is 2.56 bits per heavy atom. The Hall–Kier alpha value is -1.30. The minimum atomic E-state index is -0.486. The standard InChI is InChI=1S/C12H24N2O4/c1-12(2,3)18-11(17)13-7-5-4-6-10(8-15)14-9-16/h9-10,15H,4-8H2,1-3H3,(H,13,17)(H,14,16). The topological polar surface area (TPSA) is 87.7 Å². The molecule has 0 saturated heterocycles. The Bertz CT molecular complexity index is 251. The van der Waals surface area contributed by atoms with Crippen LogP contribution in [0, 0.1) is 0 Å². The first-order valence-electron chi connectivity index (χ1n) is 6.16. The molecule has 0 radical (unpaired) electrons. The summed E-state index contributed by atoms with van der Waals surface area (Å²) in [6, 6.07) is -0.205. The summed E-state index contributed by atoms with van der Waals surface area (Å²) in [5.74, 6) is 0. The summed E-state index contributed by atoms with van der Waals surface area (Å²) in [5.41, 5.74) is -0.486. The van der Waals surface area contributed by atoms with Crippen LogP contribution in [0.5, 0.6) is 0 Å². The zero-order chi connectivity index (χ0) is 14.0. The van der Waals surface area contributed by atoms with Gasteiger partial charge in [0.25, 0.3) is 0 Å². The lowest BCUT2D eigenvalue weighted by molar-refractivity contribution is -0.110. The lowest BCUT2D eigenvalue weighted by atomic mass is 10.1. The average Bonchev–Trinajstić information content (AvgIpc) is 2.24.